The van der Waals surface area contributed by atoms with Gasteiger partial charge in [0.25, 0.3) is 0 Å². The summed E-state index contributed by atoms with van der Waals surface area (Å²) in [6.07, 6.45) is 2.59. The second-order valence-corrected chi connectivity index (χ2v) is 6.83. The quantitative estimate of drug-likeness (QED) is 0.371. The molecule has 0 amide bonds. The molecule has 1 aliphatic rings. The molecule has 7 nitrogen and oxygen atoms in total. The van der Waals surface area contributed by atoms with E-state index in [0.717, 1.165) is 54.8 Å². The molecule has 0 unspecified atom stereocenters. The van der Waals surface area contributed by atoms with Crippen LogP contribution in [0.25, 0.3) is 0 Å². The first kappa shape index (κ1) is 21.5. The minimum absolute atomic E-state index is 0. The van der Waals surface area contributed by atoms with Gasteiger partial charge in [0.15, 0.2) is 11.1 Å². The van der Waals surface area contributed by atoms with Crippen molar-refractivity contribution in [3.05, 3.63) is 35.3 Å². The topological polar surface area (TPSA) is 76.2 Å². The van der Waals surface area contributed by atoms with E-state index in [1.165, 1.54) is 0 Å². The van der Waals surface area contributed by atoms with Gasteiger partial charge in [-0.2, -0.15) is 0 Å². The molecule has 2 N–H and O–H groups in total. The van der Waals surface area contributed by atoms with Gasteiger partial charge in [-0.25, -0.2) is 4.98 Å². The number of benzene rings is 1. The van der Waals surface area contributed by atoms with Gasteiger partial charge in [-0.3, -0.25) is 4.99 Å². The fourth-order valence-electron chi connectivity index (χ4n) is 2.97. The highest BCUT2D eigenvalue weighted by molar-refractivity contribution is 14.0. The van der Waals surface area contributed by atoms with Gasteiger partial charge in [-0.1, -0.05) is 0 Å². The van der Waals surface area contributed by atoms with Crippen molar-refractivity contribution < 1.29 is 9.47 Å². The van der Waals surface area contributed by atoms with Crippen LogP contribution < -0.4 is 20.1 Å². The van der Waals surface area contributed by atoms with Crippen LogP contribution in [0.5, 0.6) is 11.5 Å². The summed E-state index contributed by atoms with van der Waals surface area (Å²) in [5, 5.41) is 3.08. The lowest BCUT2D eigenvalue weighted by Gasteiger charge is -2.35. The first-order valence-corrected chi connectivity index (χ1v) is 9.49. The van der Waals surface area contributed by atoms with Gasteiger partial charge in [0.2, 0.25) is 0 Å². The minimum Gasteiger partial charge on any atom is -0.497 e. The maximum Gasteiger partial charge on any atom is 0.191 e. The first-order chi connectivity index (χ1) is 12.7. The van der Waals surface area contributed by atoms with Crippen molar-refractivity contribution >= 4 is 46.4 Å². The van der Waals surface area contributed by atoms with E-state index in [9.17, 15) is 0 Å². The van der Waals surface area contributed by atoms with Gasteiger partial charge in [-0.15, -0.1) is 35.3 Å². The predicted octanol–water partition coefficient (Wildman–Crippen LogP) is 2.46. The van der Waals surface area contributed by atoms with Crippen molar-refractivity contribution in [2.24, 2.45) is 10.7 Å². The normalized spacial score (nSPS) is 14.7. The number of hydrogen-bond donors (Lipinski definition) is 1. The Morgan fingerprint density at radius 1 is 1.22 bits per heavy atom. The van der Waals surface area contributed by atoms with E-state index in [1.807, 2.05) is 29.8 Å². The number of aromatic nitrogens is 1. The van der Waals surface area contributed by atoms with Crippen molar-refractivity contribution in [3.8, 4) is 11.5 Å². The number of ether oxygens (including phenoxy) is 2. The van der Waals surface area contributed by atoms with E-state index in [0.29, 0.717) is 12.5 Å². The first-order valence-electron chi connectivity index (χ1n) is 8.61. The van der Waals surface area contributed by atoms with Gasteiger partial charge >= 0.3 is 0 Å². The second kappa shape index (κ2) is 10.5. The lowest BCUT2D eigenvalue weighted by Crippen LogP contribution is -2.51. The maximum absolute atomic E-state index is 6.19. The van der Waals surface area contributed by atoms with Crippen LogP contribution in [0.1, 0.15) is 5.56 Å². The Hall–Kier alpha value is -1.75. The number of anilines is 1. The monoisotopic (exact) mass is 503 g/mol. The number of nitrogens with two attached hydrogens (primary N) is 1. The number of piperazine rings is 1. The summed E-state index contributed by atoms with van der Waals surface area (Å²) in [5.74, 6) is 2.26. The molecule has 2 aromatic rings. The Bertz CT molecular complexity index is 733. The highest BCUT2D eigenvalue weighted by Gasteiger charge is 2.19. The summed E-state index contributed by atoms with van der Waals surface area (Å²) in [4.78, 5) is 13.3. The van der Waals surface area contributed by atoms with E-state index in [2.05, 4.69) is 19.8 Å². The molecule has 0 spiro atoms. The molecule has 1 aliphatic heterocycles. The third-order valence-corrected chi connectivity index (χ3v) is 5.27. The average molecular weight is 503 g/mol. The van der Waals surface area contributed by atoms with Crippen LogP contribution in [0.15, 0.2) is 34.8 Å². The summed E-state index contributed by atoms with van der Waals surface area (Å²) in [6.45, 7) is 4.15. The molecule has 0 atom stereocenters. The summed E-state index contributed by atoms with van der Waals surface area (Å²) in [5.41, 5.74) is 7.26. The van der Waals surface area contributed by atoms with Crippen molar-refractivity contribution in [2.75, 3.05) is 51.8 Å². The van der Waals surface area contributed by atoms with Gasteiger partial charge in [-0.05, 0) is 30.2 Å². The number of hydrogen-bond acceptors (Lipinski definition) is 6. The molecule has 0 bridgehead atoms. The molecule has 27 heavy (non-hydrogen) atoms. The smallest absolute Gasteiger partial charge is 0.191 e. The summed E-state index contributed by atoms with van der Waals surface area (Å²) in [7, 11) is 3.33. The van der Waals surface area contributed by atoms with Crippen LogP contribution >= 0.6 is 35.3 Å². The number of thiazole rings is 1. The average Bonchev–Trinajstić information content (AvgIpc) is 3.22. The van der Waals surface area contributed by atoms with Crippen molar-refractivity contribution in [1.29, 1.82) is 0 Å². The summed E-state index contributed by atoms with van der Waals surface area (Å²) >= 11 is 1.67. The van der Waals surface area contributed by atoms with E-state index in [4.69, 9.17) is 15.2 Å². The highest BCUT2D eigenvalue weighted by Crippen LogP contribution is 2.24. The van der Waals surface area contributed by atoms with Crippen molar-refractivity contribution in [1.82, 2.24) is 9.88 Å². The van der Waals surface area contributed by atoms with Crippen molar-refractivity contribution in [2.45, 2.75) is 6.42 Å². The zero-order valence-corrected chi connectivity index (χ0v) is 18.8. The van der Waals surface area contributed by atoms with E-state index in [1.54, 1.807) is 25.6 Å². The third-order valence-electron chi connectivity index (χ3n) is 4.44. The number of guanidine groups is 1. The van der Waals surface area contributed by atoms with Crippen LogP contribution in [0.3, 0.4) is 0 Å². The Labute approximate surface area is 181 Å². The molecule has 0 saturated carbocycles. The molecule has 9 heteroatoms. The predicted molar refractivity (Wildman–Crippen MR) is 121 cm³/mol. The Morgan fingerprint density at radius 3 is 2.63 bits per heavy atom. The standard InChI is InChI=1S/C18H25N5O2S.HI/c1-24-15-3-4-16(25-2)14(13-15)5-6-20-17(19)22-8-10-23(11-9-22)18-21-7-12-26-18;/h3-4,7,12-13H,5-6,8-11H2,1-2H3,(H2,19,20);1H. The van der Waals surface area contributed by atoms with E-state index >= 15 is 0 Å². The van der Waals surface area contributed by atoms with Crippen LogP contribution in [0.4, 0.5) is 5.13 Å². The van der Waals surface area contributed by atoms with Crippen molar-refractivity contribution in [3.63, 3.8) is 0 Å². The lowest BCUT2D eigenvalue weighted by molar-refractivity contribution is 0.380. The van der Waals surface area contributed by atoms with E-state index in [-0.39, 0.29) is 24.0 Å². The largest absolute Gasteiger partial charge is 0.497 e. The molecule has 1 fully saturated rings. The molecule has 1 aromatic heterocycles. The van der Waals surface area contributed by atoms with Crippen LogP contribution in [-0.2, 0) is 6.42 Å². The van der Waals surface area contributed by atoms with Crippen LogP contribution in [-0.4, -0.2) is 62.8 Å². The minimum atomic E-state index is 0. The molecule has 3 rings (SSSR count). The van der Waals surface area contributed by atoms with E-state index < -0.39 is 0 Å². The zero-order valence-electron chi connectivity index (χ0n) is 15.6. The molecule has 1 aromatic carbocycles. The van der Waals surface area contributed by atoms with Gasteiger partial charge in [0.1, 0.15) is 11.5 Å². The number of methoxy groups -OCH3 is 2. The Kier molecular flexibility index (Phi) is 8.42. The number of nitrogens with zero attached hydrogens (tertiary/aromatic N) is 4. The zero-order chi connectivity index (χ0) is 18.4. The molecule has 148 valence electrons. The van der Waals surface area contributed by atoms with Crippen LogP contribution in [0.2, 0.25) is 0 Å². The molecule has 0 radical (unpaired) electrons. The molecular weight excluding hydrogens is 477 g/mol. The van der Waals surface area contributed by atoms with Gasteiger partial charge in [0.05, 0.1) is 14.2 Å². The number of aliphatic imine (C=N–C) groups is 1. The molecule has 1 saturated heterocycles. The second-order valence-electron chi connectivity index (χ2n) is 5.96. The molecule has 0 aliphatic carbocycles. The summed E-state index contributed by atoms with van der Waals surface area (Å²) < 4.78 is 10.7. The SMILES string of the molecule is COc1ccc(OC)c(CCN=C(N)N2CCN(c3nccs3)CC2)c1.I. The molecular formula is C18H26IN5O2S. The lowest BCUT2D eigenvalue weighted by atomic mass is 10.1. The Morgan fingerprint density at radius 2 is 2.00 bits per heavy atom. The highest BCUT2D eigenvalue weighted by atomic mass is 127. The van der Waals surface area contributed by atoms with Crippen LogP contribution in [0, 0.1) is 0 Å². The molecule has 2 heterocycles. The van der Waals surface area contributed by atoms with Gasteiger partial charge in [0, 0.05) is 44.3 Å². The maximum atomic E-state index is 6.19. The third kappa shape index (κ3) is 5.61. The Balaban J connectivity index is 0.00000261. The summed E-state index contributed by atoms with van der Waals surface area (Å²) in [6, 6.07) is 5.79. The number of halogens is 1. The van der Waals surface area contributed by atoms with Gasteiger partial charge < -0.3 is 25.0 Å². The number of rotatable bonds is 6. The fraction of sp³-hybridized carbons (Fsp3) is 0.444. The fourth-order valence-corrected chi connectivity index (χ4v) is 3.66.